The molecule has 14 heavy (non-hydrogen) atoms. The van der Waals surface area contributed by atoms with Crippen LogP contribution >= 0.6 is 0 Å². The maximum atomic E-state index is 11.1. The second-order valence-electron chi connectivity index (χ2n) is 4.63. The summed E-state index contributed by atoms with van der Waals surface area (Å²) >= 11 is 0. The van der Waals surface area contributed by atoms with Crippen LogP contribution in [0.1, 0.15) is 32.1 Å². The van der Waals surface area contributed by atoms with E-state index in [4.69, 9.17) is 9.84 Å². The summed E-state index contributed by atoms with van der Waals surface area (Å²) in [6, 6.07) is 0. The van der Waals surface area contributed by atoms with Crippen LogP contribution in [0.3, 0.4) is 0 Å². The Hall–Kier alpha value is -0.570. The Kier molecular flexibility index (Phi) is 3.06. The van der Waals surface area contributed by atoms with Crippen molar-refractivity contribution in [2.75, 3.05) is 13.2 Å². The maximum absolute atomic E-state index is 11.1. The Morgan fingerprint density at radius 2 is 2.00 bits per heavy atom. The van der Waals surface area contributed by atoms with Gasteiger partial charge in [-0.2, -0.15) is 0 Å². The van der Waals surface area contributed by atoms with Gasteiger partial charge in [-0.05, 0) is 25.2 Å². The lowest BCUT2D eigenvalue weighted by atomic mass is 9.83. The van der Waals surface area contributed by atoms with Gasteiger partial charge in [-0.1, -0.05) is 12.8 Å². The van der Waals surface area contributed by atoms with Gasteiger partial charge in [0.05, 0.1) is 19.1 Å². The third-order valence-corrected chi connectivity index (χ3v) is 3.58. The molecule has 1 N–H and O–H groups in total. The van der Waals surface area contributed by atoms with Gasteiger partial charge in [0, 0.05) is 5.92 Å². The lowest BCUT2D eigenvalue weighted by Crippen LogP contribution is -2.34. The summed E-state index contributed by atoms with van der Waals surface area (Å²) in [6.45, 7) is 1.55. The first-order valence-electron chi connectivity index (χ1n) is 5.58. The summed E-state index contributed by atoms with van der Waals surface area (Å²) in [5.41, 5.74) is 0. The molecule has 1 heterocycles. The van der Waals surface area contributed by atoms with Crippen LogP contribution in [-0.4, -0.2) is 24.3 Å². The van der Waals surface area contributed by atoms with E-state index in [2.05, 4.69) is 0 Å². The molecule has 3 heteroatoms. The number of aliphatic carboxylic acids is 1. The number of hydrogen-bond acceptors (Lipinski definition) is 2. The van der Waals surface area contributed by atoms with E-state index >= 15 is 0 Å². The molecule has 0 radical (unpaired) electrons. The van der Waals surface area contributed by atoms with Crippen molar-refractivity contribution in [3.8, 4) is 0 Å². The first kappa shape index (κ1) is 9.97. The average Bonchev–Trinajstić information content (AvgIpc) is 2.53. The summed E-state index contributed by atoms with van der Waals surface area (Å²) in [5.74, 6) is 0.250. The summed E-state index contributed by atoms with van der Waals surface area (Å²) in [4.78, 5) is 11.1. The van der Waals surface area contributed by atoms with E-state index in [1.165, 1.54) is 12.8 Å². The zero-order valence-corrected chi connectivity index (χ0v) is 8.45. The number of carboxylic acid groups (broad SMARTS) is 1. The second kappa shape index (κ2) is 4.30. The zero-order valence-electron chi connectivity index (χ0n) is 8.45. The highest BCUT2D eigenvalue weighted by molar-refractivity contribution is 5.70. The molecule has 0 amide bonds. The highest BCUT2D eigenvalue weighted by Gasteiger charge is 2.34. The van der Waals surface area contributed by atoms with Crippen LogP contribution in [0, 0.1) is 17.8 Å². The van der Waals surface area contributed by atoms with Crippen molar-refractivity contribution in [3.63, 3.8) is 0 Å². The van der Waals surface area contributed by atoms with Crippen LogP contribution in [0.4, 0.5) is 0 Å². The van der Waals surface area contributed by atoms with Gasteiger partial charge >= 0.3 is 5.97 Å². The van der Waals surface area contributed by atoms with E-state index in [-0.39, 0.29) is 5.92 Å². The molecule has 0 bridgehead atoms. The van der Waals surface area contributed by atoms with E-state index in [0.29, 0.717) is 11.8 Å². The highest BCUT2D eigenvalue weighted by atomic mass is 16.5. The summed E-state index contributed by atoms with van der Waals surface area (Å²) in [5, 5.41) is 9.16. The summed E-state index contributed by atoms with van der Waals surface area (Å²) in [7, 11) is 0. The van der Waals surface area contributed by atoms with Gasteiger partial charge in [0.25, 0.3) is 0 Å². The van der Waals surface area contributed by atoms with E-state index < -0.39 is 5.97 Å². The SMILES string of the molecule is O=C(O)C(CC1COC1)C1CCCC1. The van der Waals surface area contributed by atoms with Crippen LogP contribution in [0.5, 0.6) is 0 Å². The molecule has 1 aliphatic carbocycles. The molecule has 1 saturated heterocycles. The number of ether oxygens (including phenoxy) is 1. The molecule has 2 rings (SSSR count). The van der Waals surface area contributed by atoms with Crippen LogP contribution in [0.2, 0.25) is 0 Å². The van der Waals surface area contributed by atoms with Crippen LogP contribution in [-0.2, 0) is 9.53 Å². The fourth-order valence-corrected chi connectivity index (χ4v) is 2.63. The quantitative estimate of drug-likeness (QED) is 0.750. The minimum atomic E-state index is -0.594. The molecule has 3 nitrogen and oxygen atoms in total. The monoisotopic (exact) mass is 198 g/mol. The fourth-order valence-electron chi connectivity index (χ4n) is 2.63. The topological polar surface area (TPSA) is 46.5 Å². The molecule has 1 unspecified atom stereocenters. The lowest BCUT2D eigenvalue weighted by Gasteiger charge is -2.30. The van der Waals surface area contributed by atoms with Crippen molar-refractivity contribution in [2.24, 2.45) is 17.8 Å². The minimum Gasteiger partial charge on any atom is -0.481 e. The number of carbonyl (C=O) groups is 1. The van der Waals surface area contributed by atoms with Crippen molar-refractivity contribution in [3.05, 3.63) is 0 Å². The first-order valence-corrected chi connectivity index (χ1v) is 5.58. The Bertz CT molecular complexity index is 205. The van der Waals surface area contributed by atoms with Gasteiger partial charge in [0.2, 0.25) is 0 Å². The zero-order chi connectivity index (χ0) is 9.97. The minimum absolute atomic E-state index is 0.105. The first-order chi connectivity index (χ1) is 6.77. The third kappa shape index (κ3) is 2.08. The largest absolute Gasteiger partial charge is 0.481 e. The number of rotatable bonds is 4. The molecule has 80 valence electrons. The standard InChI is InChI=1S/C11H18O3/c12-11(13)10(5-8-6-14-7-8)9-3-1-2-4-9/h8-10H,1-7H2,(H,12,13). The predicted octanol–water partition coefficient (Wildman–Crippen LogP) is 1.91. The molecular formula is C11H18O3. The molecule has 1 saturated carbocycles. The summed E-state index contributed by atoms with van der Waals surface area (Å²) in [6.07, 6.45) is 5.50. The number of hydrogen-bond donors (Lipinski definition) is 1. The average molecular weight is 198 g/mol. The van der Waals surface area contributed by atoms with Gasteiger partial charge in [0.1, 0.15) is 0 Å². The molecule has 1 atom stereocenters. The van der Waals surface area contributed by atoms with Crippen molar-refractivity contribution in [1.82, 2.24) is 0 Å². The molecular weight excluding hydrogens is 180 g/mol. The molecule has 0 aromatic heterocycles. The van der Waals surface area contributed by atoms with Crippen molar-refractivity contribution >= 4 is 5.97 Å². The van der Waals surface area contributed by atoms with Crippen molar-refractivity contribution in [1.29, 1.82) is 0 Å². The van der Waals surface area contributed by atoms with Gasteiger partial charge in [0.15, 0.2) is 0 Å². The molecule has 0 aromatic rings. The van der Waals surface area contributed by atoms with Crippen molar-refractivity contribution in [2.45, 2.75) is 32.1 Å². The van der Waals surface area contributed by atoms with Gasteiger partial charge in [-0.25, -0.2) is 0 Å². The molecule has 0 aromatic carbocycles. The van der Waals surface area contributed by atoms with E-state index in [1.807, 2.05) is 0 Å². The van der Waals surface area contributed by atoms with E-state index in [0.717, 1.165) is 32.5 Å². The Labute approximate surface area is 84.4 Å². The molecule has 0 spiro atoms. The highest BCUT2D eigenvalue weighted by Crippen LogP contribution is 2.36. The molecule has 1 aliphatic heterocycles. The molecule has 2 fully saturated rings. The predicted molar refractivity (Wildman–Crippen MR) is 52.0 cm³/mol. The molecule has 2 aliphatic rings. The Morgan fingerprint density at radius 1 is 1.36 bits per heavy atom. The van der Waals surface area contributed by atoms with Crippen molar-refractivity contribution < 1.29 is 14.6 Å². The van der Waals surface area contributed by atoms with Crippen LogP contribution in [0.25, 0.3) is 0 Å². The van der Waals surface area contributed by atoms with E-state index in [9.17, 15) is 4.79 Å². The Morgan fingerprint density at radius 3 is 2.43 bits per heavy atom. The second-order valence-corrected chi connectivity index (χ2v) is 4.63. The normalized spacial score (nSPS) is 26.0. The lowest BCUT2D eigenvalue weighted by molar-refractivity contribution is -0.146. The smallest absolute Gasteiger partial charge is 0.306 e. The maximum Gasteiger partial charge on any atom is 0.306 e. The van der Waals surface area contributed by atoms with E-state index in [1.54, 1.807) is 0 Å². The fraction of sp³-hybridized carbons (Fsp3) is 0.909. The van der Waals surface area contributed by atoms with Gasteiger partial charge in [-0.3, -0.25) is 4.79 Å². The number of carboxylic acids is 1. The van der Waals surface area contributed by atoms with Gasteiger partial charge in [-0.15, -0.1) is 0 Å². The Balaban J connectivity index is 1.88. The van der Waals surface area contributed by atoms with Gasteiger partial charge < -0.3 is 9.84 Å². The van der Waals surface area contributed by atoms with Crippen LogP contribution < -0.4 is 0 Å². The summed E-state index contributed by atoms with van der Waals surface area (Å²) < 4.78 is 5.09. The third-order valence-electron chi connectivity index (χ3n) is 3.58. The van der Waals surface area contributed by atoms with Crippen LogP contribution in [0.15, 0.2) is 0 Å².